The minimum atomic E-state index is -0.384. The Morgan fingerprint density at radius 2 is 1.91 bits per heavy atom. The van der Waals surface area contributed by atoms with E-state index in [1.54, 1.807) is 0 Å². The summed E-state index contributed by atoms with van der Waals surface area (Å²) in [5.74, 6) is 0.456. The van der Waals surface area contributed by atoms with E-state index in [0.717, 1.165) is 19.3 Å². The van der Waals surface area contributed by atoms with E-state index in [9.17, 15) is 0 Å². The largest absolute Gasteiger partial charge is 0.251 e. The zero-order valence-electron chi connectivity index (χ0n) is 8.05. The van der Waals surface area contributed by atoms with Crippen molar-refractivity contribution in [3.05, 3.63) is 0 Å². The molecule has 0 saturated heterocycles. The zero-order chi connectivity index (χ0) is 8.91. The van der Waals surface area contributed by atoms with Crippen molar-refractivity contribution >= 4 is 0 Å². The Hall–Kier alpha value is -0.0800. The summed E-state index contributed by atoms with van der Waals surface area (Å²) in [7, 11) is 0. The van der Waals surface area contributed by atoms with E-state index in [2.05, 4.69) is 18.7 Å². The van der Waals surface area contributed by atoms with Crippen molar-refractivity contribution < 1.29 is 10.1 Å². The molecular weight excluding hydrogens is 140 g/mol. The van der Waals surface area contributed by atoms with E-state index in [-0.39, 0.29) is 5.60 Å². The second kappa shape index (κ2) is 4.73. The van der Waals surface area contributed by atoms with Crippen molar-refractivity contribution in [2.75, 3.05) is 0 Å². The van der Waals surface area contributed by atoms with E-state index in [0.29, 0.717) is 5.92 Å². The van der Waals surface area contributed by atoms with Crippen molar-refractivity contribution in [2.45, 2.75) is 52.6 Å². The molecule has 0 heterocycles. The van der Waals surface area contributed by atoms with Crippen LogP contribution >= 0.6 is 0 Å². The van der Waals surface area contributed by atoms with Gasteiger partial charge in [0.2, 0.25) is 0 Å². The summed E-state index contributed by atoms with van der Waals surface area (Å²) in [5.41, 5.74) is -0.384. The summed E-state index contributed by atoms with van der Waals surface area (Å²) in [6.07, 6.45) is 3.32. The van der Waals surface area contributed by atoms with Crippen molar-refractivity contribution in [3.8, 4) is 0 Å². The summed E-state index contributed by atoms with van der Waals surface area (Å²) in [5, 5.41) is 8.62. The van der Waals surface area contributed by atoms with Crippen LogP contribution in [0.25, 0.3) is 0 Å². The Bertz CT molecular complexity index is 99.7. The molecule has 0 aromatic carbocycles. The van der Waals surface area contributed by atoms with Crippen LogP contribution < -0.4 is 0 Å². The first-order valence-corrected chi connectivity index (χ1v) is 4.41. The zero-order valence-corrected chi connectivity index (χ0v) is 8.05. The van der Waals surface area contributed by atoms with E-state index >= 15 is 0 Å². The molecule has 1 unspecified atom stereocenters. The lowest BCUT2D eigenvalue weighted by molar-refractivity contribution is -0.327. The van der Waals surface area contributed by atoms with Crippen LogP contribution in [0.5, 0.6) is 0 Å². The molecule has 0 aliphatic heterocycles. The fraction of sp³-hybridized carbons (Fsp3) is 1.00. The Morgan fingerprint density at radius 3 is 2.18 bits per heavy atom. The van der Waals surface area contributed by atoms with Gasteiger partial charge >= 0.3 is 0 Å². The molecule has 0 aromatic heterocycles. The molecule has 0 aliphatic carbocycles. The van der Waals surface area contributed by atoms with Crippen molar-refractivity contribution in [3.63, 3.8) is 0 Å². The molecule has 0 fully saturated rings. The van der Waals surface area contributed by atoms with Gasteiger partial charge in [0, 0.05) is 0 Å². The van der Waals surface area contributed by atoms with Crippen molar-refractivity contribution in [1.82, 2.24) is 0 Å². The van der Waals surface area contributed by atoms with Crippen LogP contribution in [-0.4, -0.2) is 10.9 Å². The molecular formula is C9H20O2. The first kappa shape index (κ1) is 10.9. The summed E-state index contributed by atoms with van der Waals surface area (Å²) < 4.78 is 0. The van der Waals surface area contributed by atoms with Gasteiger partial charge in [0.1, 0.15) is 5.60 Å². The van der Waals surface area contributed by atoms with Crippen LogP contribution in [0, 0.1) is 5.92 Å². The standard InChI is InChI=1S/C9H20O2/c1-5-7-8(6-2)9(3,4)11-10/h8,10H,5-7H2,1-4H3. The third-order valence-electron chi connectivity index (χ3n) is 2.35. The average Bonchev–Trinajstić information content (AvgIpc) is 2.00. The minimum absolute atomic E-state index is 0.384. The van der Waals surface area contributed by atoms with Gasteiger partial charge in [0.15, 0.2) is 0 Å². The normalized spacial score (nSPS) is 15.0. The molecule has 1 N–H and O–H groups in total. The topological polar surface area (TPSA) is 29.5 Å². The first-order valence-electron chi connectivity index (χ1n) is 4.41. The second-order valence-electron chi connectivity index (χ2n) is 3.59. The molecule has 0 radical (unpaired) electrons. The highest BCUT2D eigenvalue weighted by Gasteiger charge is 2.28. The van der Waals surface area contributed by atoms with E-state index in [4.69, 9.17) is 5.26 Å². The third-order valence-corrected chi connectivity index (χ3v) is 2.35. The maximum Gasteiger partial charge on any atom is 0.100 e. The summed E-state index contributed by atoms with van der Waals surface area (Å²) >= 11 is 0. The molecule has 0 amide bonds. The Kier molecular flexibility index (Phi) is 4.69. The minimum Gasteiger partial charge on any atom is -0.251 e. The van der Waals surface area contributed by atoms with Crippen LogP contribution in [0.2, 0.25) is 0 Å². The van der Waals surface area contributed by atoms with Gasteiger partial charge in [-0.3, -0.25) is 5.26 Å². The fourth-order valence-corrected chi connectivity index (χ4v) is 1.47. The molecule has 68 valence electrons. The van der Waals surface area contributed by atoms with E-state index < -0.39 is 0 Å². The monoisotopic (exact) mass is 160 g/mol. The lowest BCUT2D eigenvalue weighted by atomic mass is 9.85. The lowest BCUT2D eigenvalue weighted by Crippen LogP contribution is -2.33. The maximum absolute atomic E-state index is 8.62. The molecule has 0 bridgehead atoms. The summed E-state index contributed by atoms with van der Waals surface area (Å²) in [6.45, 7) is 8.13. The number of hydrogen-bond donors (Lipinski definition) is 1. The molecule has 1 atom stereocenters. The summed E-state index contributed by atoms with van der Waals surface area (Å²) in [6, 6.07) is 0. The van der Waals surface area contributed by atoms with Crippen molar-refractivity contribution in [1.29, 1.82) is 0 Å². The SMILES string of the molecule is CCCC(CC)C(C)(C)OO. The fourth-order valence-electron chi connectivity index (χ4n) is 1.47. The predicted octanol–water partition coefficient (Wildman–Crippen LogP) is 3.08. The highest BCUT2D eigenvalue weighted by molar-refractivity contribution is 4.76. The molecule has 0 aromatic rings. The van der Waals surface area contributed by atoms with Crippen LogP contribution in [0.15, 0.2) is 0 Å². The molecule has 0 saturated carbocycles. The van der Waals surface area contributed by atoms with Gasteiger partial charge < -0.3 is 0 Å². The average molecular weight is 160 g/mol. The number of rotatable bonds is 5. The molecule has 2 nitrogen and oxygen atoms in total. The lowest BCUT2D eigenvalue weighted by Gasteiger charge is -2.30. The Balaban J connectivity index is 3.99. The van der Waals surface area contributed by atoms with Gasteiger partial charge in [-0.25, -0.2) is 4.89 Å². The first-order chi connectivity index (χ1) is 5.08. The molecule has 0 aliphatic rings. The Morgan fingerprint density at radius 1 is 1.36 bits per heavy atom. The molecule has 2 heteroatoms. The second-order valence-corrected chi connectivity index (χ2v) is 3.59. The third kappa shape index (κ3) is 3.21. The van der Waals surface area contributed by atoms with Gasteiger partial charge in [-0.2, -0.15) is 0 Å². The smallest absolute Gasteiger partial charge is 0.100 e. The predicted molar refractivity (Wildman–Crippen MR) is 46.5 cm³/mol. The van der Waals surface area contributed by atoms with Gasteiger partial charge in [0.25, 0.3) is 0 Å². The summed E-state index contributed by atoms with van der Waals surface area (Å²) in [4.78, 5) is 4.44. The van der Waals surface area contributed by atoms with E-state index in [1.165, 1.54) is 0 Å². The Labute approximate surface area is 69.5 Å². The van der Waals surface area contributed by atoms with E-state index in [1.807, 2.05) is 13.8 Å². The van der Waals surface area contributed by atoms with Crippen LogP contribution in [-0.2, 0) is 4.89 Å². The molecule has 0 spiro atoms. The van der Waals surface area contributed by atoms with Crippen LogP contribution in [0.4, 0.5) is 0 Å². The van der Waals surface area contributed by atoms with Gasteiger partial charge in [-0.05, 0) is 26.2 Å². The maximum atomic E-state index is 8.62. The van der Waals surface area contributed by atoms with Gasteiger partial charge in [0.05, 0.1) is 0 Å². The molecule has 0 rings (SSSR count). The van der Waals surface area contributed by atoms with Gasteiger partial charge in [-0.1, -0.05) is 26.7 Å². The molecule has 11 heavy (non-hydrogen) atoms. The highest BCUT2D eigenvalue weighted by atomic mass is 17.1. The van der Waals surface area contributed by atoms with Crippen molar-refractivity contribution in [2.24, 2.45) is 5.92 Å². The van der Waals surface area contributed by atoms with Crippen LogP contribution in [0.1, 0.15) is 47.0 Å². The highest BCUT2D eigenvalue weighted by Crippen LogP contribution is 2.27. The quantitative estimate of drug-likeness (QED) is 0.494. The van der Waals surface area contributed by atoms with Gasteiger partial charge in [-0.15, -0.1) is 0 Å². The number of hydrogen-bond acceptors (Lipinski definition) is 2. The van der Waals surface area contributed by atoms with Crippen LogP contribution in [0.3, 0.4) is 0 Å².